The van der Waals surface area contributed by atoms with E-state index >= 15 is 0 Å². The van der Waals surface area contributed by atoms with Gasteiger partial charge in [0.2, 0.25) is 5.13 Å². The van der Waals surface area contributed by atoms with Gasteiger partial charge in [-0.25, -0.2) is 0 Å². The number of H-pyrrole nitrogens is 1. The summed E-state index contributed by atoms with van der Waals surface area (Å²) in [7, 11) is 0. The lowest BCUT2D eigenvalue weighted by molar-refractivity contribution is 0.0991. The number of thioether (sulfide) groups is 1. The van der Waals surface area contributed by atoms with E-state index in [1.165, 1.54) is 49.4 Å². The first kappa shape index (κ1) is 22.2. The highest BCUT2D eigenvalue weighted by molar-refractivity contribution is 8.02. The molecule has 2 aromatic carbocycles. The van der Waals surface area contributed by atoms with Crippen LogP contribution in [-0.4, -0.2) is 27.0 Å². The molecule has 1 aliphatic rings. The summed E-state index contributed by atoms with van der Waals surface area (Å²) in [5.74, 6) is 0.0858. The molecule has 5 rings (SSSR count). The molecule has 2 N–H and O–H groups in total. The lowest BCUT2D eigenvalue weighted by Crippen LogP contribution is -2.21. The van der Waals surface area contributed by atoms with E-state index in [9.17, 15) is 4.79 Å². The summed E-state index contributed by atoms with van der Waals surface area (Å²) < 4.78 is 0.810. The molecule has 0 amide bonds. The molecule has 2 aromatic heterocycles. The SMILES string of the molecule is CCc1cccc2c(C(=O)C(Sc3nnc(NC4CCCCC4)s3)c3ccccc3)c[nH]c12. The minimum absolute atomic E-state index is 0.0858. The molecule has 0 bridgehead atoms. The molecule has 170 valence electrons. The molecule has 33 heavy (non-hydrogen) atoms. The first-order valence-corrected chi connectivity index (χ1v) is 13.4. The van der Waals surface area contributed by atoms with Gasteiger partial charge < -0.3 is 10.3 Å². The molecule has 0 saturated heterocycles. The van der Waals surface area contributed by atoms with Crippen LogP contribution in [-0.2, 0) is 6.42 Å². The van der Waals surface area contributed by atoms with Gasteiger partial charge in [-0.15, -0.1) is 10.2 Å². The van der Waals surface area contributed by atoms with Crippen LogP contribution >= 0.6 is 23.1 Å². The van der Waals surface area contributed by atoms with E-state index < -0.39 is 0 Å². The summed E-state index contributed by atoms with van der Waals surface area (Å²) in [6.45, 7) is 2.13. The van der Waals surface area contributed by atoms with Crippen molar-refractivity contribution < 1.29 is 4.79 Å². The lowest BCUT2D eigenvalue weighted by Gasteiger charge is -2.21. The summed E-state index contributed by atoms with van der Waals surface area (Å²) in [6, 6.07) is 16.6. The van der Waals surface area contributed by atoms with Crippen LogP contribution < -0.4 is 5.32 Å². The van der Waals surface area contributed by atoms with Gasteiger partial charge in [-0.1, -0.05) is 97.8 Å². The molecule has 1 atom stereocenters. The molecule has 1 unspecified atom stereocenters. The van der Waals surface area contributed by atoms with Gasteiger partial charge in [-0.05, 0) is 30.4 Å². The summed E-state index contributed by atoms with van der Waals surface area (Å²) in [4.78, 5) is 17.2. The Morgan fingerprint density at radius 3 is 2.73 bits per heavy atom. The van der Waals surface area contributed by atoms with Gasteiger partial charge in [0.25, 0.3) is 0 Å². The predicted octanol–water partition coefficient (Wildman–Crippen LogP) is 7.04. The number of carbonyl (C=O) groups excluding carboxylic acids is 1. The molecular weight excluding hydrogens is 448 g/mol. The number of fused-ring (bicyclic) bond motifs is 1. The maximum Gasteiger partial charge on any atom is 0.206 e. The molecule has 0 radical (unpaired) electrons. The number of aryl methyl sites for hydroxylation is 1. The fourth-order valence-electron chi connectivity index (χ4n) is 4.60. The standard InChI is InChI=1S/C26H28N4OS2/c1-2-17-12-9-15-20-21(16-27-22(17)20)23(31)24(18-10-5-3-6-11-18)32-26-30-29-25(33-26)28-19-13-7-4-8-14-19/h3,5-6,9-12,15-16,19,24,27H,2,4,7-8,13-14H2,1H3,(H,28,29). The van der Waals surface area contributed by atoms with Gasteiger partial charge >= 0.3 is 0 Å². The Morgan fingerprint density at radius 1 is 1.12 bits per heavy atom. The van der Waals surface area contributed by atoms with Crippen molar-refractivity contribution in [2.75, 3.05) is 5.32 Å². The lowest BCUT2D eigenvalue weighted by atomic mass is 9.96. The number of carbonyl (C=O) groups is 1. The first-order chi connectivity index (χ1) is 16.2. The number of Topliss-reactive ketones (excluding diaryl/α,β-unsaturated/α-hetero) is 1. The number of aromatic nitrogens is 3. The Hall–Kier alpha value is -2.64. The minimum Gasteiger partial charge on any atom is -0.360 e. The van der Waals surface area contributed by atoms with Crippen LogP contribution in [0.5, 0.6) is 0 Å². The maximum absolute atomic E-state index is 13.8. The molecule has 1 aliphatic carbocycles. The third-order valence-electron chi connectivity index (χ3n) is 6.35. The van der Waals surface area contributed by atoms with E-state index in [-0.39, 0.29) is 11.0 Å². The number of para-hydroxylation sites is 1. The normalized spacial score (nSPS) is 15.5. The number of anilines is 1. The van der Waals surface area contributed by atoms with E-state index in [1.807, 2.05) is 48.7 Å². The van der Waals surface area contributed by atoms with Crippen LogP contribution in [0, 0.1) is 0 Å². The fraction of sp³-hybridized carbons (Fsp3) is 0.346. The average Bonchev–Trinajstić information content (AvgIpc) is 3.50. The van der Waals surface area contributed by atoms with Crippen LogP contribution in [0.15, 0.2) is 59.1 Å². The molecule has 1 fully saturated rings. The van der Waals surface area contributed by atoms with Crippen molar-refractivity contribution >= 4 is 44.9 Å². The summed E-state index contributed by atoms with van der Waals surface area (Å²) >= 11 is 3.03. The maximum atomic E-state index is 13.8. The van der Waals surface area contributed by atoms with Crippen LogP contribution in [0.25, 0.3) is 10.9 Å². The Bertz CT molecular complexity index is 1230. The number of nitrogens with one attached hydrogen (secondary N) is 2. The van der Waals surface area contributed by atoms with Crippen LogP contribution in [0.1, 0.15) is 65.8 Å². The molecule has 5 nitrogen and oxygen atoms in total. The van der Waals surface area contributed by atoms with Gasteiger partial charge in [-0.3, -0.25) is 4.79 Å². The van der Waals surface area contributed by atoms with Crippen LogP contribution in [0.4, 0.5) is 5.13 Å². The monoisotopic (exact) mass is 476 g/mol. The van der Waals surface area contributed by atoms with Crippen molar-refractivity contribution in [1.82, 2.24) is 15.2 Å². The molecule has 0 spiro atoms. The average molecular weight is 477 g/mol. The molecule has 4 aromatic rings. The molecule has 1 saturated carbocycles. The quantitative estimate of drug-likeness (QED) is 0.211. The zero-order valence-electron chi connectivity index (χ0n) is 18.7. The van der Waals surface area contributed by atoms with Crippen molar-refractivity contribution in [2.24, 2.45) is 0 Å². The highest BCUT2D eigenvalue weighted by Gasteiger charge is 2.27. The number of ketones is 1. The Labute approximate surface area is 202 Å². The zero-order valence-corrected chi connectivity index (χ0v) is 20.3. The van der Waals surface area contributed by atoms with Gasteiger partial charge in [0.05, 0.1) is 0 Å². The minimum atomic E-state index is -0.383. The van der Waals surface area contributed by atoms with Gasteiger partial charge in [-0.2, -0.15) is 0 Å². The first-order valence-electron chi connectivity index (χ1n) is 11.7. The van der Waals surface area contributed by atoms with Crippen molar-refractivity contribution in [1.29, 1.82) is 0 Å². The van der Waals surface area contributed by atoms with E-state index in [0.29, 0.717) is 6.04 Å². The summed E-state index contributed by atoms with van der Waals surface area (Å²) in [6.07, 6.45) is 9.02. The number of hydrogen-bond acceptors (Lipinski definition) is 6. The topological polar surface area (TPSA) is 70.7 Å². The van der Waals surface area contributed by atoms with Crippen molar-refractivity contribution in [3.8, 4) is 0 Å². The van der Waals surface area contributed by atoms with Crippen LogP contribution in [0.3, 0.4) is 0 Å². The fourth-order valence-corrected chi connectivity index (χ4v) is 6.68. The smallest absolute Gasteiger partial charge is 0.206 e. The highest BCUT2D eigenvalue weighted by Crippen LogP contribution is 2.41. The highest BCUT2D eigenvalue weighted by atomic mass is 32.2. The second-order valence-electron chi connectivity index (χ2n) is 8.52. The number of aromatic amines is 1. The van der Waals surface area contributed by atoms with Gasteiger partial charge in [0.15, 0.2) is 10.1 Å². The van der Waals surface area contributed by atoms with Gasteiger partial charge in [0.1, 0.15) is 5.25 Å². The third-order valence-corrected chi connectivity index (χ3v) is 8.54. The van der Waals surface area contributed by atoms with E-state index in [4.69, 9.17) is 0 Å². The molecule has 2 heterocycles. The van der Waals surface area contributed by atoms with Crippen molar-refractivity contribution in [3.05, 3.63) is 71.4 Å². The van der Waals surface area contributed by atoms with Crippen LogP contribution in [0.2, 0.25) is 0 Å². The molecule has 7 heteroatoms. The number of nitrogens with zero attached hydrogens (tertiary/aromatic N) is 2. The van der Waals surface area contributed by atoms with E-state index in [1.54, 1.807) is 11.3 Å². The molecular formula is C26H28N4OS2. The van der Waals surface area contributed by atoms with E-state index in [0.717, 1.165) is 37.9 Å². The Balaban J connectivity index is 1.42. The largest absolute Gasteiger partial charge is 0.360 e. The number of rotatable bonds is 8. The number of hydrogen-bond donors (Lipinski definition) is 2. The summed E-state index contributed by atoms with van der Waals surface area (Å²) in [5.41, 5.74) is 3.98. The molecule has 0 aliphatic heterocycles. The number of benzene rings is 2. The van der Waals surface area contributed by atoms with Crippen molar-refractivity contribution in [3.63, 3.8) is 0 Å². The second-order valence-corrected chi connectivity index (χ2v) is 10.9. The third kappa shape index (κ3) is 4.84. The second kappa shape index (κ2) is 10.1. The van der Waals surface area contributed by atoms with E-state index in [2.05, 4.69) is 33.5 Å². The summed E-state index contributed by atoms with van der Waals surface area (Å²) in [5, 5.41) is 13.8. The van der Waals surface area contributed by atoms with Crippen molar-refractivity contribution in [2.45, 2.75) is 61.1 Å². The predicted molar refractivity (Wildman–Crippen MR) is 137 cm³/mol. The Kier molecular flexibility index (Phi) is 6.78. The zero-order chi connectivity index (χ0) is 22.6. The van der Waals surface area contributed by atoms with Gasteiger partial charge in [0, 0.05) is 28.7 Å². The Morgan fingerprint density at radius 2 is 1.94 bits per heavy atom.